The number of ether oxygens (including phenoxy) is 1. The molecule has 0 aliphatic carbocycles. The van der Waals surface area contributed by atoms with Gasteiger partial charge >= 0.3 is 0 Å². The smallest absolute Gasteiger partial charge is 0.194 e. The molecule has 8 heteroatoms. The highest BCUT2D eigenvalue weighted by Gasteiger charge is 2.41. The standard InChI is InChI=1S/C26H32N6O.HI/c1-27-26(29-16-25-28-12-13-31(25)18-22-10-6-3-7-11-22)32-19-23-24(20-32)33-15-14-30(23)17-21-8-4-2-5-9-21;/h2-13,23-24H,14-20H2,1H3,(H,27,29);1H. The summed E-state index contributed by atoms with van der Waals surface area (Å²) >= 11 is 0. The summed E-state index contributed by atoms with van der Waals surface area (Å²) in [5, 5.41) is 3.53. The molecule has 0 saturated carbocycles. The first-order valence-electron chi connectivity index (χ1n) is 11.7. The molecule has 1 N–H and O–H groups in total. The topological polar surface area (TPSA) is 57.9 Å². The summed E-state index contributed by atoms with van der Waals surface area (Å²) in [5.74, 6) is 1.90. The van der Waals surface area contributed by atoms with E-state index in [4.69, 9.17) is 4.74 Å². The second-order valence-corrected chi connectivity index (χ2v) is 8.70. The number of fused-ring (bicyclic) bond motifs is 1. The molecule has 2 atom stereocenters. The minimum atomic E-state index is 0. The average molecular weight is 572 g/mol. The highest BCUT2D eigenvalue weighted by molar-refractivity contribution is 14.0. The Morgan fingerprint density at radius 1 is 1.03 bits per heavy atom. The van der Waals surface area contributed by atoms with E-state index in [2.05, 4.69) is 84.3 Å². The van der Waals surface area contributed by atoms with Crippen LogP contribution in [0.5, 0.6) is 0 Å². The number of morpholine rings is 1. The first kappa shape index (κ1) is 24.7. The molecule has 34 heavy (non-hydrogen) atoms. The zero-order valence-electron chi connectivity index (χ0n) is 19.6. The fraction of sp³-hybridized carbons (Fsp3) is 0.385. The molecule has 0 radical (unpaired) electrons. The fourth-order valence-electron chi connectivity index (χ4n) is 4.87. The summed E-state index contributed by atoms with van der Waals surface area (Å²) in [5.41, 5.74) is 2.62. The Labute approximate surface area is 218 Å². The SMILES string of the molecule is CN=C(NCc1nccn1Cc1ccccc1)N1CC2OCCN(Cc3ccccc3)C2C1.I. The Morgan fingerprint density at radius 3 is 2.44 bits per heavy atom. The molecular weight excluding hydrogens is 539 g/mol. The van der Waals surface area contributed by atoms with E-state index in [0.717, 1.165) is 51.1 Å². The maximum absolute atomic E-state index is 6.15. The lowest BCUT2D eigenvalue weighted by Crippen LogP contribution is -2.50. The lowest BCUT2D eigenvalue weighted by atomic mass is 10.1. The molecule has 2 aliphatic heterocycles. The second kappa shape index (κ2) is 11.8. The number of hydrogen-bond donors (Lipinski definition) is 1. The zero-order valence-corrected chi connectivity index (χ0v) is 21.9. The van der Waals surface area contributed by atoms with Gasteiger partial charge < -0.3 is 19.5 Å². The third-order valence-electron chi connectivity index (χ3n) is 6.56. The van der Waals surface area contributed by atoms with Crippen LogP contribution in [-0.4, -0.2) is 70.7 Å². The monoisotopic (exact) mass is 572 g/mol. The number of guanidine groups is 1. The molecule has 0 spiro atoms. The number of likely N-dealkylation sites (tertiary alicyclic amines) is 1. The van der Waals surface area contributed by atoms with Crippen LogP contribution in [0.2, 0.25) is 0 Å². The summed E-state index contributed by atoms with van der Waals surface area (Å²) < 4.78 is 8.33. The van der Waals surface area contributed by atoms with Gasteiger partial charge in [-0.25, -0.2) is 4.98 Å². The van der Waals surface area contributed by atoms with Crippen LogP contribution >= 0.6 is 24.0 Å². The number of aromatic nitrogens is 2. The van der Waals surface area contributed by atoms with Crippen LogP contribution < -0.4 is 5.32 Å². The predicted molar refractivity (Wildman–Crippen MR) is 145 cm³/mol. The van der Waals surface area contributed by atoms with E-state index in [1.165, 1.54) is 11.1 Å². The number of nitrogens with zero attached hydrogens (tertiary/aromatic N) is 5. The summed E-state index contributed by atoms with van der Waals surface area (Å²) in [4.78, 5) is 14.0. The van der Waals surface area contributed by atoms with Crippen LogP contribution in [0.25, 0.3) is 0 Å². The third kappa shape index (κ3) is 5.79. The van der Waals surface area contributed by atoms with Crippen LogP contribution in [0.3, 0.4) is 0 Å². The van der Waals surface area contributed by atoms with Gasteiger partial charge in [0.25, 0.3) is 0 Å². The first-order chi connectivity index (χ1) is 16.3. The molecular formula is C26H33IN6O. The zero-order chi connectivity index (χ0) is 22.5. The van der Waals surface area contributed by atoms with E-state index < -0.39 is 0 Å². The van der Waals surface area contributed by atoms with Crippen molar-refractivity contribution in [3.8, 4) is 0 Å². The van der Waals surface area contributed by atoms with Crippen molar-refractivity contribution in [1.29, 1.82) is 0 Å². The molecule has 7 nitrogen and oxygen atoms in total. The fourth-order valence-corrected chi connectivity index (χ4v) is 4.87. The van der Waals surface area contributed by atoms with Crippen LogP contribution in [-0.2, 0) is 24.4 Å². The van der Waals surface area contributed by atoms with Crippen molar-refractivity contribution in [2.24, 2.45) is 4.99 Å². The van der Waals surface area contributed by atoms with Crippen molar-refractivity contribution >= 4 is 29.9 Å². The highest BCUT2D eigenvalue weighted by Crippen LogP contribution is 2.24. The van der Waals surface area contributed by atoms with Gasteiger partial charge in [0.05, 0.1) is 25.3 Å². The van der Waals surface area contributed by atoms with E-state index in [1.807, 2.05) is 25.5 Å². The molecule has 180 valence electrons. The van der Waals surface area contributed by atoms with E-state index in [-0.39, 0.29) is 30.1 Å². The summed E-state index contributed by atoms with van der Waals surface area (Å²) in [6, 6.07) is 21.5. The highest BCUT2D eigenvalue weighted by atomic mass is 127. The Kier molecular flexibility index (Phi) is 8.58. The normalized spacial score (nSPS) is 20.6. The van der Waals surface area contributed by atoms with Crippen LogP contribution in [0.1, 0.15) is 17.0 Å². The molecule has 2 aliphatic rings. The second-order valence-electron chi connectivity index (χ2n) is 8.70. The van der Waals surface area contributed by atoms with Gasteiger partial charge in [0, 0.05) is 52.2 Å². The minimum Gasteiger partial charge on any atom is -0.373 e. The Bertz CT molecular complexity index is 1060. The van der Waals surface area contributed by atoms with Gasteiger partial charge in [0.15, 0.2) is 5.96 Å². The van der Waals surface area contributed by atoms with Crippen molar-refractivity contribution in [1.82, 2.24) is 24.7 Å². The average Bonchev–Trinajstić information content (AvgIpc) is 3.48. The van der Waals surface area contributed by atoms with Gasteiger partial charge in [-0.2, -0.15) is 0 Å². The van der Waals surface area contributed by atoms with E-state index in [1.54, 1.807) is 0 Å². The maximum Gasteiger partial charge on any atom is 0.194 e. The Balaban J connectivity index is 0.00000274. The van der Waals surface area contributed by atoms with E-state index in [0.29, 0.717) is 12.6 Å². The van der Waals surface area contributed by atoms with Gasteiger partial charge in [0.1, 0.15) is 5.82 Å². The molecule has 0 amide bonds. The Morgan fingerprint density at radius 2 is 1.74 bits per heavy atom. The van der Waals surface area contributed by atoms with Gasteiger partial charge in [-0.15, -0.1) is 24.0 Å². The van der Waals surface area contributed by atoms with Gasteiger partial charge in [0.2, 0.25) is 0 Å². The quantitative estimate of drug-likeness (QED) is 0.280. The third-order valence-corrected chi connectivity index (χ3v) is 6.56. The molecule has 2 aromatic carbocycles. The van der Waals surface area contributed by atoms with Crippen LogP contribution in [0.15, 0.2) is 78.0 Å². The van der Waals surface area contributed by atoms with Gasteiger partial charge in [-0.05, 0) is 11.1 Å². The molecule has 3 aromatic rings. The number of halogens is 1. The summed E-state index contributed by atoms with van der Waals surface area (Å²) in [6.45, 7) is 5.92. The number of nitrogens with one attached hydrogen (secondary N) is 1. The Hall–Kier alpha value is -2.43. The maximum atomic E-state index is 6.15. The van der Waals surface area contributed by atoms with Crippen molar-refractivity contribution in [3.05, 3.63) is 90.0 Å². The number of hydrogen-bond acceptors (Lipinski definition) is 4. The molecule has 3 heterocycles. The van der Waals surface area contributed by atoms with Crippen molar-refractivity contribution < 1.29 is 4.74 Å². The summed E-state index contributed by atoms with van der Waals surface area (Å²) in [6.07, 6.45) is 4.11. The first-order valence-corrected chi connectivity index (χ1v) is 11.7. The molecule has 2 saturated heterocycles. The minimum absolute atomic E-state index is 0. The predicted octanol–water partition coefficient (Wildman–Crippen LogP) is 3.21. The number of aliphatic imine (C=N–C) groups is 1. The lowest BCUT2D eigenvalue weighted by molar-refractivity contribution is -0.0502. The van der Waals surface area contributed by atoms with E-state index in [9.17, 15) is 0 Å². The number of rotatable bonds is 6. The molecule has 2 unspecified atom stereocenters. The molecule has 2 fully saturated rings. The van der Waals surface area contributed by atoms with Crippen LogP contribution in [0.4, 0.5) is 0 Å². The molecule has 5 rings (SSSR count). The number of imidazole rings is 1. The van der Waals surface area contributed by atoms with Gasteiger partial charge in [-0.3, -0.25) is 9.89 Å². The van der Waals surface area contributed by atoms with Gasteiger partial charge in [-0.1, -0.05) is 60.7 Å². The van der Waals surface area contributed by atoms with E-state index >= 15 is 0 Å². The number of benzene rings is 2. The van der Waals surface area contributed by atoms with Crippen molar-refractivity contribution in [2.45, 2.75) is 31.8 Å². The lowest BCUT2D eigenvalue weighted by Gasteiger charge is -2.36. The van der Waals surface area contributed by atoms with Crippen molar-refractivity contribution in [3.63, 3.8) is 0 Å². The van der Waals surface area contributed by atoms with Crippen LogP contribution in [0, 0.1) is 0 Å². The van der Waals surface area contributed by atoms with Crippen molar-refractivity contribution in [2.75, 3.05) is 33.3 Å². The largest absolute Gasteiger partial charge is 0.373 e. The molecule has 1 aromatic heterocycles. The molecule has 0 bridgehead atoms. The summed E-state index contributed by atoms with van der Waals surface area (Å²) in [7, 11) is 1.85.